The monoisotopic (exact) mass is 270 g/mol. The number of nitrogens with one attached hydrogen (secondary N) is 1. The molecule has 1 unspecified atom stereocenters. The van der Waals surface area contributed by atoms with Crippen LogP contribution in [0.1, 0.15) is 47.0 Å². The predicted octanol–water partition coefficient (Wildman–Crippen LogP) is 2.76. The van der Waals surface area contributed by atoms with E-state index in [-0.39, 0.29) is 0 Å². The molecule has 0 spiro atoms. The molecule has 0 aromatic carbocycles. The summed E-state index contributed by atoms with van der Waals surface area (Å²) >= 11 is 0. The topological polar surface area (TPSA) is 24.5 Å². The molecule has 1 aliphatic rings. The molecule has 1 atom stereocenters. The Kier molecular flexibility index (Phi) is 7.96. The van der Waals surface area contributed by atoms with Crippen LogP contribution in [0.5, 0.6) is 0 Å². The summed E-state index contributed by atoms with van der Waals surface area (Å²) in [5.74, 6) is 0.802. The maximum absolute atomic E-state index is 5.58. The Morgan fingerprint density at radius 3 is 2.42 bits per heavy atom. The molecule has 1 N–H and O–H groups in total. The summed E-state index contributed by atoms with van der Waals surface area (Å²) in [6.07, 6.45) is 3.69. The first kappa shape index (κ1) is 16.9. The molecule has 0 aromatic rings. The van der Waals surface area contributed by atoms with E-state index in [1.165, 1.54) is 38.9 Å². The number of ether oxygens (including phenoxy) is 1. The van der Waals surface area contributed by atoms with Gasteiger partial charge in [0.05, 0.1) is 0 Å². The van der Waals surface area contributed by atoms with Crippen LogP contribution in [-0.2, 0) is 4.74 Å². The molecule has 0 saturated carbocycles. The second-order valence-electron chi connectivity index (χ2n) is 6.23. The summed E-state index contributed by atoms with van der Waals surface area (Å²) in [6, 6.07) is 0. The molecule has 1 aliphatic heterocycles. The van der Waals surface area contributed by atoms with Crippen molar-refractivity contribution in [2.75, 3.05) is 45.9 Å². The van der Waals surface area contributed by atoms with E-state index >= 15 is 0 Å². The Morgan fingerprint density at radius 1 is 1.21 bits per heavy atom. The molecule has 3 heteroatoms. The standard InChI is InChI=1S/C16H34N2O/c1-5-15(4)12-18(7-3)14-16(13-17-6-2)8-10-19-11-9-16/h15,17H,5-14H2,1-4H3. The first-order chi connectivity index (χ1) is 9.15. The summed E-state index contributed by atoms with van der Waals surface area (Å²) in [4.78, 5) is 2.65. The second-order valence-corrected chi connectivity index (χ2v) is 6.23. The maximum Gasteiger partial charge on any atom is 0.0472 e. The Balaban J connectivity index is 2.57. The van der Waals surface area contributed by atoms with Crippen LogP contribution in [0, 0.1) is 11.3 Å². The first-order valence-electron chi connectivity index (χ1n) is 8.16. The minimum atomic E-state index is 0.428. The van der Waals surface area contributed by atoms with Gasteiger partial charge >= 0.3 is 0 Å². The molecule has 19 heavy (non-hydrogen) atoms. The minimum absolute atomic E-state index is 0.428. The van der Waals surface area contributed by atoms with Gasteiger partial charge in [0, 0.05) is 32.8 Å². The van der Waals surface area contributed by atoms with E-state index in [4.69, 9.17) is 4.74 Å². The molecule has 114 valence electrons. The van der Waals surface area contributed by atoms with Crippen molar-refractivity contribution < 1.29 is 4.74 Å². The molecule has 1 heterocycles. The van der Waals surface area contributed by atoms with E-state index in [2.05, 4.69) is 37.9 Å². The molecule has 0 aromatic heterocycles. The zero-order valence-corrected chi connectivity index (χ0v) is 13.5. The molecule has 0 radical (unpaired) electrons. The number of rotatable bonds is 9. The summed E-state index contributed by atoms with van der Waals surface area (Å²) in [5, 5.41) is 3.57. The molecule has 0 aliphatic carbocycles. The van der Waals surface area contributed by atoms with Crippen molar-refractivity contribution in [3.63, 3.8) is 0 Å². The fraction of sp³-hybridized carbons (Fsp3) is 1.00. The SMILES string of the molecule is CCNCC1(CN(CC)CC(C)CC)CCOCC1. The van der Waals surface area contributed by atoms with Gasteiger partial charge in [-0.25, -0.2) is 0 Å². The maximum atomic E-state index is 5.58. The number of hydrogen-bond acceptors (Lipinski definition) is 3. The zero-order valence-electron chi connectivity index (χ0n) is 13.5. The molecule has 1 rings (SSSR count). The lowest BCUT2D eigenvalue weighted by molar-refractivity contribution is -0.00535. The van der Waals surface area contributed by atoms with Crippen LogP contribution in [0.3, 0.4) is 0 Å². The van der Waals surface area contributed by atoms with Crippen molar-refractivity contribution in [1.29, 1.82) is 0 Å². The third-order valence-corrected chi connectivity index (χ3v) is 4.58. The van der Waals surface area contributed by atoms with Gasteiger partial charge in [-0.2, -0.15) is 0 Å². The minimum Gasteiger partial charge on any atom is -0.381 e. The van der Waals surface area contributed by atoms with Gasteiger partial charge in [-0.3, -0.25) is 0 Å². The average Bonchev–Trinajstić information content (AvgIpc) is 2.45. The van der Waals surface area contributed by atoms with Crippen molar-refractivity contribution in [3.8, 4) is 0 Å². The first-order valence-corrected chi connectivity index (χ1v) is 8.16. The lowest BCUT2D eigenvalue weighted by atomic mass is 9.79. The van der Waals surface area contributed by atoms with E-state index < -0.39 is 0 Å². The van der Waals surface area contributed by atoms with E-state index in [9.17, 15) is 0 Å². The quantitative estimate of drug-likeness (QED) is 0.697. The molecular weight excluding hydrogens is 236 g/mol. The van der Waals surface area contributed by atoms with Gasteiger partial charge in [0.25, 0.3) is 0 Å². The van der Waals surface area contributed by atoms with Gasteiger partial charge in [-0.15, -0.1) is 0 Å². The van der Waals surface area contributed by atoms with Gasteiger partial charge in [0.2, 0.25) is 0 Å². The largest absolute Gasteiger partial charge is 0.381 e. The van der Waals surface area contributed by atoms with Crippen molar-refractivity contribution in [2.45, 2.75) is 47.0 Å². The highest BCUT2D eigenvalue weighted by Crippen LogP contribution is 2.31. The molecule has 0 bridgehead atoms. The van der Waals surface area contributed by atoms with Crippen molar-refractivity contribution in [1.82, 2.24) is 10.2 Å². The van der Waals surface area contributed by atoms with E-state index in [0.717, 1.165) is 32.2 Å². The highest BCUT2D eigenvalue weighted by molar-refractivity contribution is 4.87. The third kappa shape index (κ3) is 5.80. The highest BCUT2D eigenvalue weighted by atomic mass is 16.5. The smallest absolute Gasteiger partial charge is 0.0472 e. The van der Waals surface area contributed by atoms with Crippen molar-refractivity contribution in [2.24, 2.45) is 11.3 Å². The van der Waals surface area contributed by atoms with Gasteiger partial charge < -0.3 is 15.0 Å². The van der Waals surface area contributed by atoms with Crippen LogP contribution in [-0.4, -0.2) is 50.8 Å². The fourth-order valence-electron chi connectivity index (χ4n) is 2.94. The van der Waals surface area contributed by atoms with Gasteiger partial charge in [-0.1, -0.05) is 34.1 Å². The lowest BCUT2D eigenvalue weighted by Gasteiger charge is -2.41. The summed E-state index contributed by atoms with van der Waals surface area (Å²) in [5.41, 5.74) is 0.428. The summed E-state index contributed by atoms with van der Waals surface area (Å²) < 4.78 is 5.58. The van der Waals surface area contributed by atoms with E-state index in [0.29, 0.717) is 5.41 Å². The van der Waals surface area contributed by atoms with E-state index in [1.54, 1.807) is 0 Å². The molecule has 0 amide bonds. The van der Waals surface area contributed by atoms with Crippen LogP contribution in [0.15, 0.2) is 0 Å². The van der Waals surface area contributed by atoms with Crippen molar-refractivity contribution in [3.05, 3.63) is 0 Å². The number of nitrogens with zero attached hydrogens (tertiary/aromatic N) is 1. The fourth-order valence-corrected chi connectivity index (χ4v) is 2.94. The molecule has 3 nitrogen and oxygen atoms in total. The van der Waals surface area contributed by atoms with Gasteiger partial charge in [0.15, 0.2) is 0 Å². The van der Waals surface area contributed by atoms with Gasteiger partial charge in [0.1, 0.15) is 0 Å². The van der Waals surface area contributed by atoms with Gasteiger partial charge in [-0.05, 0) is 37.3 Å². The van der Waals surface area contributed by atoms with Crippen LogP contribution in [0.25, 0.3) is 0 Å². The third-order valence-electron chi connectivity index (χ3n) is 4.58. The predicted molar refractivity (Wildman–Crippen MR) is 82.6 cm³/mol. The van der Waals surface area contributed by atoms with Crippen LogP contribution in [0.4, 0.5) is 0 Å². The van der Waals surface area contributed by atoms with Crippen molar-refractivity contribution >= 4 is 0 Å². The average molecular weight is 270 g/mol. The zero-order chi connectivity index (χ0) is 14.1. The lowest BCUT2D eigenvalue weighted by Crippen LogP contribution is -2.48. The second kappa shape index (κ2) is 8.93. The summed E-state index contributed by atoms with van der Waals surface area (Å²) in [6.45, 7) is 16.9. The molecule has 1 fully saturated rings. The highest BCUT2D eigenvalue weighted by Gasteiger charge is 2.33. The Morgan fingerprint density at radius 2 is 1.89 bits per heavy atom. The van der Waals surface area contributed by atoms with Crippen LogP contribution in [0.2, 0.25) is 0 Å². The Bertz CT molecular complexity index is 227. The molecule has 1 saturated heterocycles. The normalized spacial score (nSPS) is 20.7. The Labute approximate surface area is 120 Å². The van der Waals surface area contributed by atoms with Crippen LogP contribution >= 0.6 is 0 Å². The summed E-state index contributed by atoms with van der Waals surface area (Å²) in [7, 11) is 0. The molecular formula is C16H34N2O. The van der Waals surface area contributed by atoms with Crippen LogP contribution < -0.4 is 5.32 Å². The van der Waals surface area contributed by atoms with E-state index in [1.807, 2.05) is 0 Å². The number of hydrogen-bond donors (Lipinski definition) is 1. The Hall–Kier alpha value is -0.120.